The van der Waals surface area contributed by atoms with Crippen LogP contribution in [0.3, 0.4) is 0 Å². The van der Waals surface area contributed by atoms with Gasteiger partial charge in [0.15, 0.2) is 0 Å². The quantitative estimate of drug-likeness (QED) is 0.728. The molecule has 18 heavy (non-hydrogen) atoms. The van der Waals surface area contributed by atoms with E-state index in [1.54, 1.807) is 13.8 Å². The van der Waals surface area contributed by atoms with Crippen molar-refractivity contribution in [3.05, 3.63) is 29.6 Å². The van der Waals surface area contributed by atoms with Gasteiger partial charge in [-0.05, 0) is 25.5 Å². The minimum absolute atomic E-state index is 0.106. The number of nitrogens with one attached hydrogen (secondary N) is 1. The molecular formula is C12H15FN2O2S. The summed E-state index contributed by atoms with van der Waals surface area (Å²) >= 11 is 4.87. The first kappa shape index (κ1) is 14.4. The minimum atomic E-state index is -0.916. The van der Waals surface area contributed by atoms with E-state index in [0.717, 1.165) is 6.07 Å². The van der Waals surface area contributed by atoms with Gasteiger partial charge in [-0.25, -0.2) is 4.39 Å². The van der Waals surface area contributed by atoms with Crippen LogP contribution in [-0.2, 0) is 0 Å². The lowest BCUT2D eigenvalue weighted by Gasteiger charge is -2.28. The van der Waals surface area contributed by atoms with Crippen molar-refractivity contribution in [3.8, 4) is 5.75 Å². The molecule has 0 aliphatic rings. The number of rotatable bonds is 4. The highest BCUT2D eigenvalue weighted by Gasteiger charge is 2.29. The summed E-state index contributed by atoms with van der Waals surface area (Å²) in [7, 11) is 0. The first-order chi connectivity index (χ1) is 8.31. The molecule has 0 radical (unpaired) electrons. The van der Waals surface area contributed by atoms with Crippen LogP contribution in [0.4, 0.5) is 4.39 Å². The summed E-state index contributed by atoms with van der Waals surface area (Å²) in [5.74, 6) is -1.97. The molecule has 0 saturated heterocycles. The minimum Gasteiger partial charge on any atom is -0.507 e. The van der Waals surface area contributed by atoms with Gasteiger partial charge in [0.05, 0.1) is 10.5 Å². The van der Waals surface area contributed by atoms with Crippen molar-refractivity contribution < 1.29 is 14.3 Å². The second-order valence-electron chi connectivity index (χ2n) is 4.14. The Bertz CT molecular complexity index is 473. The van der Waals surface area contributed by atoms with E-state index < -0.39 is 28.6 Å². The summed E-state index contributed by atoms with van der Waals surface area (Å²) in [6.07, 6.45) is 0.462. The molecule has 4 N–H and O–H groups in total. The number of carbonyl (C=O) groups excluding carboxylic acids is 1. The summed E-state index contributed by atoms with van der Waals surface area (Å²) in [6, 6.07) is 3.65. The zero-order valence-electron chi connectivity index (χ0n) is 10.2. The Hall–Kier alpha value is -1.69. The fraction of sp³-hybridized carbons (Fsp3) is 0.333. The van der Waals surface area contributed by atoms with Gasteiger partial charge >= 0.3 is 0 Å². The average molecular weight is 270 g/mol. The van der Waals surface area contributed by atoms with Crippen LogP contribution >= 0.6 is 12.2 Å². The fourth-order valence-corrected chi connectivity index (χ4v) is 1.57. The molecule has 6 heteroatoms. The molecule has 1 aromatic carbocycles. The molecule has 4 nitrogen and oxygen atoms in total. The van der Waals surface area contributed by atoms with Gasteiger partial charge in [0, 0.05) is 0 Å². The number of halogens is 1. The summed E-state index contributed by atoms with van der Waals surface area (Å²) in [5.41, 5.74) is 4.22. The Labute approximate surface area is 110 Å². The number of amides is 1. The normalized spacial score (nSPS) is 13.7. The van der Waals surface area contributed by atoms with Crippen LogP contribution in [0.5, 0.6) is 5.75 Å². The molecule has 0 aliphatic carbocycles. The maximum absolute atomic E-state index is 13.5. The molecule has 0 aliphatic heterocycles. The summed E-state index contributed by atoms with van der Waals surface area (Å²) in [5, 5.41) is 12.0. The highest BCUT2D eigenvalue weighted by Crippen LogP contribution is 2.21. The predicted molar refractivity (Wildman–Crippen MR) is 71.0 cm³/mol. The molecule has 1 unspecified atom stereocenters. The molecule has 1 rings (SSSR count). The Balaban J connectivity index is 3.06. The molecule has 1 amide bonds. The van der Waals surface area contributed by atoms with Gasteiger partial charge in [0.2, 0.25) is 0 Å². The number of hydrogen-bond acceptors (Lipinski definition) is 3. The van der Waals surface area contributed by atoms with Crippen LogP contribution in [0, 0.1) is 5.82 Å². The number of nitrogens with two attached hydrogens (primary N) is 1. The molecule has 1 aromatic rings. The largest absolute Gasteiger partial charge is 0.507 e. The van der Waals surface area contributed by atoms with E-state index in [-0.39, 0.29) is 4.99 Å². The van der Waals surface area contributed by atoms with Crippen molar-refractivity contribution in [1.82, 2.24) is 5.32 Å². The van der Waals surface area contributed by atoms with Crippen molar-refractivity contribution >= 4 is 23.1 Å². The van der Waals surface area contributed by atoms with Gasteiger partial charge in [-0.2, -0.15) is 0 Å². The first-order valence-electron chi connectivity index (χ1n) is 5.41. The Kier molecular flexibility index (Phi) is 4.24. The maximum Gasteiger partial charge on any atom is 0.258 e. The number of hydrogen-bond donors (Lipinski definition) is 3. The van der Waals surface area contributed by atoms with Crippen molar-refractivity contribution in [2.24, 2.45) is 5.73 Å². The van der Waals surface area contributed by atoms with Gasteiger partial charge < -0.3 is 16.2 Å². The molecule has 98 valence electrons. The lowest BCUT2D eigenvalue weighted by molar-refractivity contribution is 0.0919. The van der Waals surface area contributed by atoms with Gasteiger partial charge in [-0.3, -0.25) is 4.79 Å². The number of carbonyl (C=O) groups is 1. The third-order valence-corrected chi connectivity index (χ3v) is 3.31. The van der Waals surface area contributed by atoms with Gasteiger partial charge in [0.25, 0.3) is 5.91 Å². The van der Waals surface area contributed by atoms with Crippen LogP contribution in [-0.4, -0.2) is 21.5 Å². The van der Waals surface area contributed by atoms with Gasteiger partial charge in [-0.15, -0.1) is 0 Å². The zero-order valence-corrected chi connectivity index (χ0v) is 11.0. The van der Waals surface area contributed by atoms with Crippen molar-refractivity contribution in [1.29, 1.82) is 0 Å². The average Bonchev–Trinajstić information content (AvgIpc) is 2.28. The third-order valence-electron chi connectivity index (χ3n) is 2.86. The Morgan fingerprint density at radius 2 is 2.22 bits per heavy atom. The number of benzene rings is 1. The maximum atomic E-state index is 13.5. The summed E-state index contributed by atoms with van der Waals surface area (Å²) in [6.45, 7) is 3.44. The van der Waals surface area contributed by atoms with Crippen LogP contribution in [0.1, 0.15) is 30.6 Å². The van der Waals surface area contributed by atoms with E-state index in [4.69, 9.17) is 18.0 Å². The molecule has 1 atom stereocenters. The second kappa shape index (κ2) is 5.30. The molecule has 0 fully saturated rings. The van der Waals surface area contributed by atoms with Crippen LogP contribution < -0.4 is 11.1 Å². The molecule has 0 spiro atoms. The smallest absolute Gasteiger partial charge is 0.258 e. The summed E-state index contributed by atoms with van der Waals surface area (Å²) in [4.78, 5) is 12.0. The van der Waals surface area contributed by atoms with E-state index in [1.165, 1.54) is 12.1 Å². The van der Waals surface area contributed by atoms with Crippen LogP contribution in [0.25, 0.3) is 0 Å². The topological polar surface area (TPSA) is 75.3 Å². The van der Waals surface area contributed by atoms with E-state index in [9.17, 15) is 14.3 Å². The van der Waals surface area contributed by atoms with E-state index in [2.05, 4.69) is 5.32 Å². The molecule has 0 aromatic heterocycles. The third kappa shape index (κ3) is 2.76. The predicted octanol–water partition coefficient (Wildman–Crippen LogP) is 1.72. The Morgan fingerprint density at radius 3 is 2.67 bits per heavy atom. The van der Waals surface area contributed by atoms with Gasteiger partial charge in [0.1, 0.15) is 17.1 Å². The molecule has 0 heterocycles. The van der Waals surface area contributed by atoms with Crippen molar-refractivity contribution in [2.75, 3.05) is 0 Å². The Morgan fingerprint density at radius 1 is 1.61 bits per heavy atom. The van der Waals surface area contributed by atoms with Crippen molar-refractivity contribution in [3.63, 3.8) is 0 Å². The number of phenolic OH excluding ortho intramolecular Hbond substituents is 1. The molecule has 0 bridgehead atoms. The standard InChI is InChI=1S/C12H15FN2O2S/c1-3-12(2,11(14)18)15-10(17)9-7(13)5-4-6-8(9)16/h4-6,16H,3H2,1-2H3,(H2,14,18)(H,15,17). The highest BCUT2D eigenvalue weighted by atomic mass is 32.1. The number of thiocarbonyl (C=S) groups is 1. The fourth-order valence-electron chi connectivity index (χ4n) is 1.37. The number of aromatic hydroxyl groups is 1. The number of phenols is 1. The van der Waals surface area contributed by atoms with Gasteiger partial charge in [-0.1, -0.05) is 25.2 Å². The van der Waals surface area contributed by atoms with E-state index >= 15 is 0 Å². The van der Waals surface area contributed by atoms with Crippen LogP contribution in [0.2, 0.25) is 0 Å². The zero-order chi connectivity index (χ0) is 13.9. The van der Waals surface area contributed by atoms with Crippen molar-refractivity contribution in [2.45, 2.75) is 25.8 Å². The lowest BCUT2D eigenvalue weighted by atomic mass is 9.98. The monoisotopic (exact) mass is 270 g/mol. The van der Waals surface area contributed by atoms with E-state index in [0.29, 0.717) is 6.42 Å². The van der Waals surface area contributed by atoms with E-state index in [1.807, 2.05) is 0 Å². The second-order valence-corrected chi connectivity index (χ2v) is 4.58. The van der Waals surface area contributed by atoms with Crippen LogP contribution in [0.15, 0.2) is 18.2 Å². The first-order valence-corrected chi connectivity index (χ1v) is 5.82. The molecular weight excluding hydrogens is 255 g/mol. The highest BCUT2D eigenvalue weighted by molar-refractivity contribution is 7.80. The summed E-state index contributed by atoms with van der Waals surface area (Å²) < 4.78 is 13.5. The lowest BCUT2D eigenvalue weighted by Crippen LogP contribution is -2.54. The SMILES string of the molecule is CCC(C)(NC(=O)c1c(O)cccc1F)C(N)=S. The molecule has 0 saturated carbocycles.